The number of para-hydroxylation sites is 2. The summed E-state index contributed by atoms with van der Waals surface area (Å²) < 4.78 is 3.27. The van der Waals surface area contributed by atoms with Crippen LogP contribution in [0.25, 0.3) is 0 Å². The van der Waals surface area contributed by atoms with E-state index in [1.54, 1.807) is 0 Å². The lowest BCUT2D eigenvalue weighted by Crippen LogP contribution is -2.12. The highest BCUT2D eigenvalue weighted by Gasteiger charge is 2.11. The Balaban J connectivity index is 1.83. The van der Waals surface area contributed by atoms with Gasteiger partial charge in [0.05, 0.1) is 11.4 Å². The number of nitrogens with one attached hydrogen (secondary N) is 2. The van der Waals surface area contributed by atoms with Crippen molar-refractivity contribution in [3.05, 3.63) is 54.1 Å². The van der Waals surface area contributed by atoms with Gasteiger partial charge in [-0.15, -0.1) is 0 Å². The number of rotatable bonds is 1. The molecule has 0 bridgehead atoms. The van der Waals surface area contributed by atoms with E-state index in [0.29, 0.717) is 0 Å². The molecule has 18 heavy (non-hydrogen) atoms. The summed E-state index contributed by atoms with van der Waals surface area (Å²) in [5.41, 5.74) is 4.32. The number of hydrogen-bond acceptors (Lipinski definition) is 4. The van der Waals surface area contributed by atoms with Crippen LogP contribution in [0.15, 0.2) is 53.5 Å². The molecule has 0 fully saturated rings. The van der Waals surface area contributed by atoms with Gasteiger partial charge in [-0.1, -0.05) is 29.8 Å². The fourth-order valence-corrected chi connectivity index (χ4v) is 2.40. The lowest BCUT2D eigenvalue weighted by molar-refractivity contribution is 1.46. The average molecular weight is 255 g/mol. The molecule has 2 aromatic carbocycles. The van der Waals surface area contributed by atoms with E-state index in [2.05, 4.69) is 46.2 Å². The van der Waals surface area contributed by atoms with Crippen LogP contribution in [-0.2, 0) is 0 Å². The van der Waals surface area contributed by atoms with E-state index in [4.69, 9.17) is 0 Å². The molecular formula is C14H13N3S. The molecule has 0 saturated carbocycles. The molecule has 0 aliphatic carbocycles. The van der Waals surface area contributed by atoms with Gasteiger partial charge in [-0.3, -0.25) is 0 Å². The molecule has 0 saturated heterocycles. The molecule has 2 N–H and O–H groups in total. The summed E-state index contributed by atoms with van der Waals surface area (Å²) in [6.07, 6.45) is 0. The normalized spacial score (nSPS) is 13.3. The Morgan fingerprint density at radius 2 is 1.83 bits per heavy atom. The summed E-state index contributed by atoms with van der Waals surface area (Å²) >= 11 is 1.49. The van der Waals surface area contributed by atoms with Gasteiger partial charge in [0.15, 0.2) is 5.17 Å². The van der Waals surface area contributed by atoms with Crippen LogP contribution >= 0.6 is 11.9 Å². The molecule has 3 nitrogen and oxygen atoms in total. The van der Waals surface area contributed by atoms with Crippen molar-refractivity contribution in [3.63, 3.8) is 0 Å². The van der Waals surface area contributed by atoms with E-state index in [1.165, 1.54) is 17.5 Å². The number of benzene rings is 2. The second-order valence-corrected chi connectivity index (χ2v) is 4.92. The van der Waals surface area contributed by atoms with Gasteiger partial charge in [-0.05, 0) is 31.2 Å². The van der Waals surface area contributed by atoms with Crippen molar-refractivity contribution in [1.29, 1.82) is 0 Å². The predicted octanol–water partition coefficient (Wildman–Crippen LogP) is 4.17. The Kier molecular flexibility index (Phi) is 2.94. The number of aryl methyl sites for hydroxylation is 1. The molecule has 1 aliphatic heterocycles. The van der Waals surface area contributed by atoms with Gasteiger partial charge in [0.25, 0.3) is 0 Å². The standard InChI is InChI=1S/C14H13N3S/c1-10-6-8-11(9-7-10)15-14-16-12-4-2-3-5-13(12)17-18-14/h2-9,17H,1H3,(H,15,16). The second-order valence-electron chi connectivity index (χ2n) is 4.13. The van der Waals surface area contributed by atoms with E-state index in [0.717, 1.165) is 22.2 Å². The maximum atomic E-state index is 4.57. The third kappa shape index (κ3) is 2.33. The zero-order valence-corrected chi connectivity index (χ0v) is 10.8. The van der Waals surface area contributed by atoms with Crippen LogP contribution in [0.5, 0.6) is 0 Å². The summed E-state index contributed by atoms with van der Waals surface area (Å²) in [7, 11) is 0. The predicted molar refractivity (Wildman–Crippen MR) is 79.6 cm³/mol. The van der Waals surface area contributed by atoms with Crippen LogP contribution in [0.4, 0.5) is 17.1 Å². The Labute approximate surface area is 110 Å². The number of amidine groups is 1. The molecule has 3 rings (SSSR count). The zero-order chi connectivity index (χ0) is 12.4. The topological polar surface area (TPSA) is 36.4 Å². The van der Waals surface area contributed by atoms with Crippen LogP contribution in [0.1, 0.15) is 5.56 Å². The lowest BCUT2D eigenvalue weighted by atomic mass is 10.2. The van der Waals surface area contributed by atoms with Crippen molar-refractivity contribution in [2.24, 2.45) is 4.99 Å². The van der Waals surface area contributed by atoms with Gasteiger partial charge >= 0.3 is 0 Å². The van der Waals surface area contributed by atoms with Gasteiger partial charge in [-0.25, -0.2) is 4.99 Å². The molecule has 0 aromatic heterocycles. The lowest BCUT2D eigenvalue weighted by Gasteiger charge is -2.17. The zero-order valence-electron chi connectivity index (χ0n) is 9.97. The number of anilines is 2. The minimum Gasteiger partial charge on any atom is -0.333 e. The first kappa shape index (κ1) is 11.2. The molecule has 4 heteroatoms. The largest absolute Gasteiger partial charge is 0.333 e. The quantitative estimate of drug-likeness (QED) is 0.751. The van der Waals surface area contributed by atoms with E-state index in [-0.39, 0.29) is 0 Å². The molecule has 90 valence electrons. The van der Waals surface area contributed by atoms with Crippen molar-refractivity contribution >= 4 is 34.2 Å². The minimum absolute atomic E-state index is 0.859. The van der Waals surface area contributed by atoms with Crippen LogP contribution in [-0.4, -0.2) is 5.17 Å². The molecule has 0 unspecified atom stereocenters. The summed E-state index contributed by atoms with van der Waals surface area (Å²) in [6, 6.07) is 16.3. The molecule has 0 spiro atoms. The molecule has 1 heterocycles. The minimum atomic E-state index is 0.859. The highest BCUT2D eigenvalue weighted by molar-refractivity contribution is 8.15. The Bertz CT molecular complexity index is 590. The van der Waals surface area contributed by atoms with E-state index in [1.807, 2.05) is 24.3 Å². The first-order valence-electron chi connectivity index (χ1n) is 5.75. The molecule has 0 atom stereocenters. The molecule has 0 amide bonds. The van der Waals surface area contributed by atoms with Gasteiger partial charge < -0.3 is 10.0 Å². The van der Waals surface area contributed by atoms with Gasteiger partial charge in [0, 0.05) is 17.6 Å². The smallest absolute Gasteiger partial charge is 0.187 e. The summed E-state index contributed by atoms with van der Waals surface area (Å²) in [5.74, 6) is 0. The van der Waals surface area contributed by atoms with Crippen LogP contribution in [0.2, 0.25) is 0 Å². The van der Waals surface area contributed by atoms with Crippen LogP contribution in [0, 0.1) is 6.92 Å². The van der Waals surface area contributed by atoms with Crippen molar-refractivity contribution < 1.29 is 0 Å². The van der Waals surface area contributed by atoms with Gasteiger partial charge in [-0.2, -0.15) is 0 Å². The summed E-state index contributed by atoms with van der Waals surface area (Å²) in [5, 5.41) is 4.16. The van der Waals surface area contributed by atoms with E-state index < -0.39 is 0 Å². The number of nitrogens with zero attached hydrogens (tertiary/aromatic N) is 1. The fraction of sp³-hybridized carbons (Fsp3) is 0.0714. The van der Waals surface area contributed by atoms with Crippen molar-refractivity contribution in [3.8, 4) is 0 Å². The van der Waals surface area contributed by atoms with Crippen molar-refractivity contribution in [1.82, 2.24) is 0 Å². The third-order valence-electron chi connectivity index (χ3n) is 2.69. The van der Waals surface area contributed by atoms with Gasteiger partial charge in [0.1, 0.15) is 0 Å². The summed E-state index contributed by atoms with van der Waals surface area (Å²) in [6.45, 7) is 2.08. The first-order chi connectivity index (χ1) is 8.81. The number of aliphatic imine (C=N–C) groups is 1. The second kappa shape index (κ2) is 4.74. The Morgan fingerprint density at radius 1 is 1.06 bits per heavy atom. The maximum Gasteiger partial charge on any atom is 0.187 e. The van der Waals surface area contributed by atoms with Gasteiger partial charge in [0.2, 0.25) is 0 Å². The highest BCUT2D eigenvalue weighted by atomic mass is 32.2. The molecular weight excluding hydrogens is 242 g/mol. The Morgan fingerprint density at radius 3 is 2.67 bits per heavy atom. The molecule has 2 aromatic rings. The molecule has 0 radical (unpaired) electrons. The Hall–Kier alpha value is -1.94. The average Bonchev–Trinajstić information content (AvgIpc) is 2.41. The van der Waals surface area contributed by atoms with E-state index >= 15 is 0 Å². The number of hydrogen-bond donors (Lipinski definition) is 2. The SMILES string of the molecule is Cc1ccc(NC2=Nc3ccccc3NS2)cc1. The molecule has 1 aliphatic rings. The van der Waals surface area contributed by atoms with E-state index in [9.17, 15) is 0 Å². The van der Waals surface area contributed by atoms with Crippen LogP contribution in [0.3, 0.4) is 0 Å². The number of fused-ring (bicyclic) bond motifs is 1. The fourth-order valence-electron chi connectivity index (χ4n) is 1.71. The van der Waals surface area contributed by atoms with Crippen molar-refractivity contribution in [2.75, 3.05) is 10.0 Å². The third-order valence-corrected chi connectivity index (χ3v) is 3.40. The summed E-state index contributed by atoms with van der Waals surface area (Å²) in [4.78, 5) is 4.57. The highest BCUT2D eigenvalue weighted by Crippen LogP contribution is 2.32. The van der Waals surface area contributed by atoms with Crippen molar-refractivity contribution in [2.45, 2.75) is 6.92 Å². The maximum absolute atomic E-state index is 4.57. The monoisotopic (exact) mass is 255 g/mol. The van der Waals surface area contributed by atoms with Crippen LogP contribution < -0.4 is 10.0 Å². The first-order valence-corrected chi connectivity index (χ1v) is 6.57.